The van der Waals surface area contributed by atoms with Gasteiger partial charge >= 0.3 is 0 Å². The van der Waals surface area contributed by atoms with Gasteiger partial charge in [-0.15, -0.1) is 11.3 Å². The molecule has 30 heavy (non-hydrogen) atoms. The van der Waals surface area contributed by atoms with Crippen LogP contribution in [0.5, 0.6) is 0 Å². The van der Waals surface area contributed by atoms with E-state index in [1.165, 1.54) is 11.3 Å². The topological polar surface area (TPSA) is 73.7 Å². The maximum Gasteiger partial charge on any atom is 0.289 e. The molecule has 2 aromatic rings. The summed E-state index contributed by atoms with van der Waals surface area (Å²) in [7, 11) is 3.94. The van der Waals surface area contributed by atoms with Crippen LogP contribution in [0.2, 0.25) is 0 Å². The van der Waals surface area contributed by atoms with Gasteiger partial charge in [0.25, 0.3) is 5.91 Å². The number of aryl methyl sites for hydroxylation is 2. The summed E-state index contributed by atoms with van der Waals surface area (Å²) in [5.74, 6) is -1.29. The van der Waals surface area contributed by atoms with Gasteiger partial charge in [-0.2, -0.15) is 0 Å². The van der Waals surface area contributed by atoms with Gasteiger partial charge in [0.1, 0.15) is 0 Å². The van der Waals surface area contributed by atoms with Crippen LogP contribution in [0.15, 0.2) is 47.7 Å². The zero-order valence-electron chi connectivity index (χ0n) is 17.8. The van der Waals surface area contributed by atoms with Crippen molar-refractivity contribution in [2.75, 3.05) is 27.2 Å². The first-order valence-electron chi connectivity index (χ1n) is 9.90. The molecule has 0 saturated heterocycles. The van der Waals surface area contributed by atoms with E-state index in [0.29, 0.717) is 17.1 Å². The fourth-order valence-corrected chi connectivity index (χ4v) is 4.42. The van der Waals surface area contributed by atoms with Gasteiger partial charge in [-0.05, 0) is 46.5 Å². The lowest BCUT2D eigenvalue weighted by Gasteiger charge is -2.24. The first-order valence-corrected chi connectivity index (χ1v) is 10.7. The normalized spacial score (nSPS) is 17.0. The molecule has 0 saturated carbocycles. The minimum atomic E-state index is -0.617. The predicted octanol–water partition coefficient (Wildman–Crippen LogP) is 3.63. The molecule has 0 aliphatic carbocycles. The van der Waals surface area contributed by atoms with Gasteiger partial charge in [0.15, 0.2) is 5.76 Å². The number of ketones is 1. The van der Waals surface area contributed by atoms with Crippen LogP contribution in [0.4, 0.5) is 0 Å². The Labute approximate surface area is 181 Å². The van der Waals surface area contributed by atoms with Gasteiger partial charge < -0.3 is 14.9 Å². The van der Waals surface area contributed by atoms with Crippen LogP contribution >= 0.6 is 11.3 Å². The monoisotopic (exact) mass is 425 g/mol. The highest BCUT2D eigenvalue weighted by Crippen LogP contribution is 2.32. The Bertz CT molecular complexity index is 992. The number of carbonyl (C=O) groups excluding carboxylic acids is 2. The van der Waals surface area contributed by atoms with Gasteiger partial charge in [-0.3, -0.25) is 9.59 Å². The minimum absolute atomic E-state index is 0.129. The molecule has 0 bridgehead atoms. The van der Waals surface area contributed by atoms with Crippen LogP contribution in [-0.2, 0) is 4.79 Å². The van der Waals surface area contributed by atoms with E-state index in [1.54, 1.807) is 11.8 Å². The molecule has 1 aromatic carbocycles. The van der Waals surface area contributed by atoms with Crippen LogP contribution in [0.3, 0.4) is 0 Å². The number of Topliss-reactive ketones (excluding diaryl/α,β-unsaturated/α-hetero) is 1. The van der Waals surface area contributed by atoms with Crippen molar-refractivity contribution in [1.29, 1.82) is 0 Å². The summed E-state index contributed by atoms with van der Waals surface area (Å²) < 4.78 is 0. The number of hydrogen-bond acceptors (Lipinski definition) is 6. The maximum absolute atomic E-state index is 13.3. The SMILES string of the molecule is Cc1nc(C)c(C(=O)C2=C(O)C(=O)N(CCCN(C)C)C2C=Cc2ccccc2)s1. The molecule has 1 atom stereocenters. The molecule has 1 aliphatic heterocycles. The van der Waals surface area contributed by atoms with Crippen molar-refractivity contribution in [2.24, 2.45) is 0 Å². The van der Waals surface area contributed by atoms with Gasteiger partial charge in [0, 0.05) is 6.54 Å². The van der Waals surface area contributed by atoms with E-state index < -0.39 is 17.7 Å². The number of aliphatic hydroxyl groups is 1. The third-order valence-corrected chi connectivity index (χ3v) is 6.05. The highest BCUT2D eigenvalue weighted by Gasteiger charge is 2.42. The second-order valence-electron chi connectivity index (χ2n) is 7.61. The fraction of sp³-hybridized carbons (Fsp3) is 0.348. The van der Waals surface area contributed by atoms with E-state index in [1.807, 2.05) is 68.4 Å². The quantitative estimate of drug-likeness (QED) is 0.654. The average molecular weight is 426 g/mol. The molecule has 1 amide bonds. The largest absolute Gasteiger partial charge is 0.503 e. The number of rotatable bonds is 8. The third kappa shape index (κ3) is 4.68. The Morgan fingerprint density at radius 2 is 1.97 bits per heavy atom. The van der Waals surface area contributed by atoms with E-state index in [2.05, 4.69) is 4.98 Å². The summed E-state index contributed by atoms with van der Waals surface area (Å²) in [5.41, 5.74) is 1.71. The number of thiazole rings is 1. The lowest BCUT2D eigenvalue weighted by Crippen LogP contribution is -2.37. The highest BCUT2D eigenvalue weighted by molar-refractivity contribution is 7.14. The smallest absolute Gasteiger partial charge is 0.289 e. The van der Waals surface area contributed by atoms with Gasteiger partial charge in [-0.1, -0.05) is 42.5 Å². The summed E-state index contributed by atoms with van der Waals surface area (Å²) in [4.78, 5) is 34.6. The average Bonchev–Trinajstić information content (AvgIpc) is 3.17. The number of benzene rings is 1. The molecule has 0 radical (unpaired) electrons. The predicted molar refractivity (Wildman–Crippen MR) is 120 cm³/mol. The van der Waals surface area contributed by atoms with Crippen LogP contribution < -0.4 is 0 Å². The molecule has 2 heterocycles. The van der Waals surface area contributed by atoms with E-state index >= 15 is 0 Å². The Morgan fingerprint density at radius 3 is 2.57 bits per heavy atom. The zero-order chi connectivity index (χ0) is 21.8. The van der Waals surface area contributed by atoms with Crippen LogP contribution in [0, 0.1) is 13.8 Å². The number of aromatic nitrogens is 1. The van der Waals surface area contributed by atoms with Crippen molar-refractivity contribution in [3.8, 4) is 0 Å². The summed E-state index contributed by atoms with van der Waals surface area (Å²) in [6.07, 6.45) is 4.44. The van der Waals surface area contributed by atoms with Crippen LogP contribution in [-0.4, -0.2) is 64.8 Å². The molecule has 3 rings (SSSR count). The van der Waals surface area contributed by atoms with Crippen molar-refractivity contribution in [2.45, 2.75) is 26.3 Å². The Balaban J connectivity index is 1.96. The van der Waals surface area contributed by atoms with E-state index in [9.17, 15) is 14.7 Å². The first-order chi connectivity index (χ1) is 14.3. The minimum Gasteiger partial charge on any atom is -0.503 e. The van der Waals surface area contributed by atoms with Crippen molar-refractivity contribution in [3.05, 3.63) is 68.9 Å². The number of aliphatic hydroxyl groups excluding tert-OH is 1. The summed E-state index contributed by atoms with van der Waals surface area (Å²) in [6, 6.07) is 9.07. The third-order valence-electron chi connectivity index (χ3n) is 4.98. The van der Waals surface area contributed by atoms with Gasteiger partial charge in [-0.25, -0.2) is 4.98 Å². The highest BCUT2D eigenvalue weighted by atomic mass is 32.1. The van der Waals surface area contributed by atoms with Crippen molar-refractivity contribution in [3.63, 3.8) is 0 Å². The summed E-state index contributed by atoms with van der Waals surface area (Å²) >= 11 is 1.29. The van der Waals surface area contributed by atoms with Crippen molar-refractivity contribution >= 4 is 29.1 Å². The van der Waals surface area contributed by atoms with Crippen molar-refractivity contribution in [1.82, 2.24) is 14.8 Å². The summed E-state index contributed by atoms with van der Waals surface area (Å²) in [5, 5.41) is 11.4. The standard InChI is InChI=1S/C23H27N3O3S/c1-15-22(30-16(2)24-15)20(27)19-18(12-11-17-9-6-5-7-10-17)26(23(29)21(19)28)14-8-13-25(3)4/h5-7,9-12,18,28H,8,13-14H2,1-4H3. The van der Waals surface area contributed by atoms with E-state index in [-0.39, 0.29) is 11.4 Å². The molecule has 0 spiro atoms. The second-order valence-corrected chi connectivity index (χ2v) is 8.81. The first kappa shape index (κ1) is 21.9. The summed E-state index contributed by atoms with van der Waals surface area (Å²) in [6.45, 7) is 4.86. The number of carbonyl (C=O) groups is 2. The van der Waals surface area contributed by atoms with Crippen molar-refractivity contribution < 1.29 is 14.7 Å². The molecular weight excluding hydrogens is 398 g/mol. The zero-order valence-corrected chi connectivity index (χ0v) is 18.6. The molecule has 1 unspecified atom stereocenters. The maximum atomic E-state index is 13.3. The number of hydrogen-bond donors (Lipinski definition) is 1. The molecule has 0 fully saturated rings. The van der Waals surface area contributed by atoms with Gasteiger partial charge in [0.05, 0.1) is 27.2 Å². The lowest BCUT2D eigenvalue weighted by molar-refractivity contribution is -0.128. The molecule has 158 valence electrons. The van der Waals surface area contributed by atoms with Crippen LogP contribution in [0.1, 0.15) is 32.4 Å². The van der Waals surface area contributed by atoms with E-state index in [0.717, 1.165) is 23.5 Å². The molecule has 1 N–H and O–H groups in total. The molecule has 1 aromatic heterocycles. The van der Waals surface area contributed by atoms with Crippen LogP contribution in [0.25, 0.3) is 6.08 Å². The van der Waals surface area contributed by atoms with E-state index in [4.69, 9.17) is 0 Å². The lowest BCUT2D eigenvalue weighted by atomic mass is 10.00. The number of nitrogens with zero attached hydrogens (tertiary/aromatic N) is 3. The fourth-order valence-electron chi connectivity index (χ4n) is 3.54. The number of amides is 1. The molecule has 1 aliphatic rings. The second kappa shape index (κ2) is 9.36. The Morgan fingerprint density at radius 1 is 1.27 bits per heavy atom. The molecular formula is C23H27N3O3S. The Kier molecular flexibility index (Phi) is 6.84. The van der Waals surface area contributed by atoms with Gasteiger partial charge in [0.2, 0.25) is 5.78 Å². The molecule has 6 nitrogen and oxygen atoms in total. The Hall–Kier alpha value is -2.77. The molecule has 7 heteroatoms.